The zero-order chi connectivity index (χ0) is 25.5. The third-order valence-corrected chi connectivity index (χ3v) is 6.98. The highest BCUT2D eigenvalue weighted by Gasteiger charge is 2.33. The lowest BCUT2D eigenvalue weighted by atomic mass is 10.1. The van der Waals surface area contributed by atoms with Gasteiger partial charge in [-0.15, -0.1) is 0 Å². The molecule has 2 rings (SSSR count). The highest BCUT2D eigenvalue weighted by atomic mass is 35.5. The average Bonchev–Trinajstić information content (AvgIpc) is 2.78. The van der Waals surface area contributed by atoms with Crippen LogP contribution in [0.2, 0.25) is 5.02 Å². The second-order valence-corrected chi connectivity index (χ2v) is 10.4. The summed E-state index contributed by atoms with van der Waals surface area (Å²) < 4.78 is 40.2. The maximum Gasteiger partial charge on any atom is 0.244 e. The fraction of sp³-hybridized carbons (Fsp3) is 0.417. The molecule has 1 N–H and O–H groups in total. The molecule has 0 aromatic heterocycles. The summed E-state index contributed by atoms with van der Waals surface area (Å²) in [4.78, 5) is 27.9. The third-order valence-electron chi connectivity index (χ3n) is 5.49. The summed E-state index contributed by atoms with van der Waals surface area (Å²) in [7, 11) is -4.01. The highest BCUT2D eigenvalue weighted by Crippen LogP contribution is 2.24. The number of benzene rings is 2. The monoisotopic (exact) mass is 511 g/mol. The Morgan fingerprint density at radius 3 is 2.24 bits per heavy atom. The molecule has 0 spiro atoms. The van der Waals surface area contributed by atoms with Gasteiger partial charge >= 0.3 is 0 Å². The summed E-state index contributed by atoms with van der Waals surface area (Å²) in [6.45, 7) is 4.86. The number of para-hydroxylation sites is 1. The largest absolute Gasteiger partial charge is 0.352 e. The van der Waals surface area contributed by atoms with E-state index in [2.05, 4.69) is 5.32 Å². The van der Waals surface area contributed by atoms with Crippen LogP contribution >= 0.6 is 11.6 Å². The van der Waals surface area contributed by atoms with E-state index in [1.165, 1.54) is 23.1 Å². The first-order valence-electron chi connectivity index (χ1n) is 11.0. The van der Waals surface area contributed by atoms with E-state index in [0.717, 1.165) is 12.3 Å². The van der Waals surface area contributed by atoms with Gasteiger partial charge in [-0.3, -0.25) is 13.9 Å². The molecule has 0 saturated heterocycles. The minimum absolute atomic E-state index is 0.0141. The number of sulfonamides is 1. The van der Waals surface area contributed by atoms with Crippen molar-refractivity contribution >= 4 is 39.1 Å². The smallest absolute Gasteiger partial charge is 0.244 e. The van der Waals surface area contributed by atoms with E-state index in [9.17, 15) is 22.4 Å². The van der Waals surface area contributed by atoms with Gasteiger partial charge in [0.25, 0.3) is 0 Å². The van der Waals surface area contributed by atoms with Crippen LogP contribution in [0.3, 0.4) is 0 Å². The number of anilines is 1. The summed E-state index contributed by atoms with van der Waals surface area (Å²) in [5, 5.41) is 3.29. The minimum Gasteiger partial charge on any atom is -0.352 e. The number of hydrogen-bond acceptors (Lipinski definition) is 4. The maximum absolute atomic E-state index is 14.4. The molecule has 2 atom stereocenters. The van der Waals surface area contributed by atoms with Crippen LogP contribution in [0.1, 0.15) is 39.2 Å². The molecule has 2 aromatic carbocycles. The molecule has 0 fully saturated rings. The molecule has 10 heteroatoms. The quantitative estimate of drug-likeness (QED) is 0.494. The van der Waals surface area contributed by atoms with Gasteiger partial charge in [0.2, 0.25) is 21.8 Å². The number of hydrogen-bond donors (Lipinski definition) is 1. The van der Waals surface area contributed by atoms with Crippen molar-refractivity contribution in [2.45, 2.75) is 52.2 Å². The first-order chi connectivity index (χ1) is 16.0. The Hall–Kier alpha value is -2.65. The predicted octanol–water partition coefficient (Wildman–Crippen LogP) is 3.97. The Morgan fingerprint density at radius 1 is 1.06 bits per heavy atom. The van der Waals surface area contributed by atoms with Gasteiger partial charge in [-0.1, -0.05) is 55.8 Å². The summed E-state index contributed by atoms with van der Waals surface area (Å²) >= 11 is 6.31. The Bertz CT molecular complexity index is 1110. The lowest BCUT2D eigenvalue weighted by molar-refractivity contribution is -0.140. The molecular weight excluding hydrogens is 481 g/mol. The summed E-state index contributed by atoms with van der Waals surface area (Å²) in [6.07, 6.45) is 1.89. The van der Waals surface area contributed by atoms with Crippen molar-refractivity contribution < 1.29 is 22.4 Å². The van der Waals surface area contributed by atoms with Gasteiger partial charge < -0.3 is 10.2 Å². The number of halogens is 2. The predicted molar refractivity (Wildman–Crippen MR) is 133 cm³/mol. The zero-order valence-corrected chi connectivity index (χ0v) is 21.4. The van der Waals surface area contributed by atoms with Gasteiger partial charge in [-0.2, -0.15) is 0 Å². The van der Waals surface area contributed by atoms with Crippen molar-refractivity contribution in [2.24, 2.45) is 0 Å². The summed E-state index contributed by atoms with van der Waals surface area (Å²) in [5.41, 5.74) is 0.359. The van der Waals surface area contributed by atoms with Crippen LogP contribution in [0.15, 0.2) is 48.5 Å². The Labute approximate surface area is 205 Å². The minimum atomic E-state index is -4.01. The van der Waals surface area contributed by atoms with Crippen molar-refractivity contribution in [2.75, 3.05) is 17.1 Å². The molecule has 0 bridgehead atoms. The van der Waals surface area contributed by atoms with Crippen LogP contribution in [0, 0.1) is 5.82 Å². The first-order valence-corrected chi connectivity index (χ1v) is 13.3. The van der Waals surface area contributed by atoms with Gasteiger partial charge in [-0.25, -0.2) is 12.8 Å². The van der Waals surface area contributed by atoms with Crippen LogP contribution in [0.4, 0.5) is 10.1 Å². The number of amides is 2. The average molecular weight is 512 g/mol. The van der Waals surface area contributed by atoms with Crippen LogP contribution in [0.25, 0.3) is 0 Å². The molecule has 186 valence electrons. The molecule has 0 aliphatic heterocycles. The third kappa shape index (κ3) is 7.17. The maximum atomic E-state index is 14.4. The Kier molecular flexibility index (Phi) is 9.88. The van der Waals surface area contributed by atoms with Crippen molar-refractivity contribution in [3.63, 3.8) is 0 Å². The van der Waals surface area contributed by atoms with Crippen LogP contribution in [-0.2, 0) is 26.2 Å². The van der Waals surface area contributed by atoms with E-state index in [1.54, 1.807) is 31.2 Å². The van der Waals surface area contributed by atoms with E-state index in [0.29, 0.717) is 21.3 Å². The van der Waals surface area contributed by atoms with E-state index < -0.39 is 34.3 Å². The van der Waals surface area contributed by atoms with Crippen molar-refractivity contribution in [1.29, 1.82) is 0 Å². The fourth-order valence-corrected chi connectivity index (χ4v) is 4.47. The molecule has 0 heterocycles. The molecule has 0 unspecified atom stereocenters. The Balaban J connectivity index is 2.47. The van der Waals surface area contributed by atoms with Gasteiger partial charge in [0.1, 0.15) is 18.4 Å². The van der Waals surface area contributed by atoms with Gasteiger partial charge in [-0.05, 0) is 43.5 Å². The molecular formula is C24H31ClFN3O4S. The fourth-order valence-electron chi connectivity index (χ4n) is 3.42. The SMILES string of the molecule is CC[C@@H](C)NC(=O)[C@@H](CC)N(Cc1ccccc1Cl)C(=O)CN(c1ccccc1F)S(C)(=O)=O. The van der Waals surface area contributed by atoms with Crippen LogP contribution < -0.4 is 9.62 Å². The first kappa shape index (κ1) is 27.6. The van der Waals surface area contributed by atoms with E-state index in [-0.39, 0.29) is 30.6 Å². The van der Waals surface area contributed by atoms with Crippen LogP contribution in [-0.4, -0.2) is 50.0 Å². The number of carbonyl (C=O) groups is 2. The topological polar surface area (TPSA) is 86.8 Å². The van der Waals surface area contributed by atoms with Crippen molar-refractivity contribution in [1.82, 2.24) is 10.2 Å². The van der Waals surface area contributed by atoms with Crippen molar-refractivity contribution in [3.05, 3.63) is 64.9 Å². The lowest BCUT2D eigenvalue weighted by Crippen LogP contribution is -2.53. The van der Waals surface area contributed by atoms with Gasteiger partial charge in [0.05, 0.1) is 11.9 Å². The molecule has 2 amide bonds. The van der Waals surface area contributed by atoms with E-state index in [1.807, 2.05) is 13.8 Å². The lowest BCUT2D eigenvalue weighted by Gasteiger charge is -2.33. The second kappa shape index (κ2) is 12.2. The highest BCUT2D eigenvalue weighted by molar-refractivity contribution is 7.92. The molecule has 7 nitrogen and oxygen atoms in total. The summed E-state index contributed by atoms with van der Waals surface area (Å²) in [6, 6.07) is 11.2. The number of carbonyl (C=O) groups excluding carboxylic acids is 2. The molecule has 0 aliphatic carbocycles. The van der Waals surface area contributed by atoms with E-state index >= 15 is 0 Å². The van der Waals surface area contributed by atoms with Gasteiger partial charge in [0.15, 0.2) is 0 Å². The molecule has 0 radical (unpaired) electrons. The molecule has 2 aromatic rings. The molecule has 0 aliphatic rings. The van der Waals surface area contributed by atoms with E-state index in [4.69, 9.17) is 11.6 Å². The summed E-state index contributed by atoms with van der Waals surface area (Å²) in [5.74, 6) is -1.78. The number of nitrogens with one attached hydrogen (secondary N) is 1. The normalized spacial score (nSPS) is 13.1. The standard InChI is InChI=1S/C24H31ClFN3O4S/c1-5-17(3)27-24(31)21(6-2)28(15-18-11-7-8-12-19(18)25)23(30)16-29(34(4,32)33)22-14-10-9-13-20(22)26/h7-14,17,21H,5-6,15-16H2,1-4H3,(H,27,31)/t17-,21-/m1/s1. The van der Waals surface area contributed by atoms with Gasteiger partial charge in [0, 0.05) is 17.6 Å². The Morgan fingerprint density at radius 2 is 1.68 bits per heavy atom. The van der Waals surface area contributed by atoms with Crippen LogP contribution in [0.5, 0.6) is 0 Å². The molecule has 34 heavy (non-hydrogen) atoms. The number of nitrogens with zero attached hydrogens (tertiary/aromatic N) is 2. The zero-order valence-electron chi connectivity index (χ0n) is 19.8. The van der Waals surface area contributed by atoms with Crippen molar-refractivity contribution in [3.8, 4) is 0 Å². The second-order valence-electron chi connectivity index (χ2n) is 8.08. The molecule has 0 saturated carbocycles. The number of rotatable bonds is 11.